The summed E-state index contributed by atoms with van der Waals surface area (Å²) < 4.78 is 4.78. The van der Waals surface area contributed by atoms with E-state index in [1.165, 1.54) is 6.20 Å². The van der Waals surface area contributed by atoms with Crippen LogP contribution in [0.3, 0.4) is 0 Å². The number of esters is 1. The second-order valence-corrected chi connectivity index (χ2v) is 4.80. The van der Waals surface area contributed by atoms with Gasteiger partial charge in [0, 0.05) is 16.7 Å². The fourth-order valence-corrected chi connectivity index (χ4v) is 2.05. The Morgan fingerprint density at radius 3 is 2.60 bits per heavy atom. The van der Waals surface area contributed by atoms with Crippen molar-refractivity contribution in [1.29, 1.82) is 0 Å². The van der Waals surface area contributed by atoms with Crippen LogP contribution >= 0.6 is 11.8 Å². The van der Waals surface area contributed by atoms with Gasteiger partial charge in [0.05, 0.1) is 6.61 Å². The van der Waals surface area contributed by atoms with E-state index in [1.807, 2.05) is 30.5 Å². The highest BCUT2D eigenvalue weighted by Gasteiger charge is 2.13. The maximum Gasteiger partial charge on any atom is 0.345 e. The van der Waals surface area contributed by atoms with Crippen molar-refractivity contribution in [2.24, 2.45) is 0 Å². The number of hydrogen-bond donors (Lipinski definition) is 1. The van der Waals surface area contributed by atoms with E-state index in [0.717, 1.165) is 10.5 Å². The molecular formula is C14H14N2O3S. The van der Waals surface area contributed by atoms with Crippen LogP contribution in [0.1, 0.15) is 17.3 Å². The van der Waals surface area contributed by atoms with Crippen molar-refractivity contribution in [2.75, 3.05) is 12.9 Å². The zero-order chi connectivity index (χ0) is 14.5. The molecule has 1 aromatic carbocycles. The number of thioether (sulfide) groups is 1. The SMILES string of the molecule is CCOC(=O)c1cnc(-c2ccc(SC)cc2)[nH]c1=O. The Bertz CT molecular complexity index is 665. The Balaban J connectivity index is 2.32. The maximum absolute atomic E-state index is 11.9. The summed E-state index contributed by atoms with van der Waals surface area (Å²) in [5.41, 5.74) is 0.203. The first-order chi connectivity index (χ1) is 9.65. The molecule has 1 aromatic heterocycles. The van der Waals surface area contributed by atoms with E-state index in [2.05, 4.69) is 9.97 Å². The first kappa shape index (κ1) is 14.3. The number of aromatic nitrogens is 2. The molecule has 0 aliphatic rings. The average Bonchev–Trinajstić information content (AvgIpc) is 2.47. The minimum absolute atomic E-state index is 0.0867. The molecule has 104 valence electrons. The van der Waals surface area contributed by atoms with E-state index < -0.39 is 11.5 Å². The Morgan fingerprint density at radius 2 is 2.05 bits per heavy atom. The number of rotatable bonds is 4. The minimum atomic E-state index is -0.662. The van der Waals surface area contributed by atoms with E-state index in [0.29, 0.717) is 5.82 Å². The quantitative estimate of drug-likeness (QED) is 0.691. The summed E-state index contributed by atoms with van der Waals surface area (Å²) in [5, 5.41) is 0. The van der Waals surface area contributed by atoms with Gasteiger partial charge in [0.25, 0.3) is 5.56 Å². The Hall–Kier alpha value is -2.08. The van der Waals surface area contributed by atoms with Gasteiger partial charge in [-0.25, -0.2) is 9.78 Å². The summed E-state index contributed by atoms with van der Waals surface area (Å²) >= 11 is 1.63. The molecular weight excluding hydrogens is 276 g/mol. The lowest BCUT2D eigenvalue weighted by molar-refractivity contribution is 0.0524. The molecule has 0 atom stereocenters. The highest BCUT2D eigenvalue weighted by atomic mass is 32.2. The smallest absolute Gasteiger partial charge is 0.345 e. The summed E-state index contributed by atoms with van der Waals surface area (Å²) in [5.74, 6) is -0.235. The predicted octanol–water partition coefficient (Wildman–Crippen LogP) is 2.34. The molecule has 2 aromatic rings. The van der Waals surface area contributed by atoms with Gasteiger partial charge in [-0.15, -0.1) is 11.8 Å². The molecule has 0 aliphatic heterocycles. The van der Waals surface area contributed by atoms with Crippen molar-refractivity contribution in [3.05, 3.63) is 46.4 Å². The number of carbonyl (C=O) groups is 1. The van der Waals surface area contributed by atoms with Crippen molar-refractivity contribution in [2.45, 2.75) is 11.8 Å². The molecule has 0 fully saturated rings. The number of hydrogen-bond acceptors (Lipinski definition) is 5. The Morgan fingerprint density at radius 1 is 1.35 bits per heavy atom. The molecule has 0 saturated carbocycles. The molecule has 0 unspecified atom stereocenters. The largest absolute Gasteiger partial charge is 0.462 e. The first-order valence-corrected chi connectivity index (χ1v) is 7.29. The molecule has 5 nitrogen and oxygen atoms in total. The number of nitrogens with one attached hydrogen (secondary N) is 1. The van der Waals surface area contributed by atoms with Crippen LogP contribution in [0.25, 0.3) is 11.4 Å². The second kappa shape index (κ2) is 6.38. The zero-order valence-electron chi connectivity index (χ0n) is 11.2. The third-order valence-electron chi connectivity index (χ3n) is 2.66. The van der Waals surface area contributed by atoms with Crippen LogP contribution < -0.4 is 5.56 Å². The fourth-order valence-electron chi connectivity index (χ4n) is 1.64. The van der Waals surface area contributed by atoms with Crippen molar-refractivity contribution < 1.29 is 9.53 Å². The van der Waals surface area contributed by atoms with Crippen molar-refractivity contribution in [3.63, 3.8) is 0 Å². The van der Waals surface area contributed by atoms with Crippen LogP contribution in [-0.2, 0) is 4.74 Å². The molecule has 0 spiro atoms. The van der Waals surface area contributed by atoms with E-state index in [1.54, 1.807) is 18.7 Å². The van der Waals surface area contributed by atoms with E-state index in [-0.39, 0.29) is 12.2 Å². The summed E-state index contributed by atoms with van der Waals surface area (Å²) in [4.78, 5) is 31.2. The number of ether oxygens (including phenoxy) is 1. The third kappa shape index (κ3) is 3.08. The van der Waals surface area contributed by atoms with Crippen LogP contribution in [0.2, 0.25) is 0 Å². The molecule has 0 aliphatic carbocycles. The number of H-pyrrole nitrogens is 1. The summed E-state index contributed by atoms with van der Waals surface area (Å²) in [6.07, 6.45) is 3.23. The van der Waals surface area contributed by atoms with Crippen molar-refractivity contribution in [3.8, 4) is 11.4 Å². The predicted molar refractivity (Wildman–Crippen MR) is 78.0 cm³/mol. The highest BCUT2D eigenvalue weighted by Crippen LogP contribution is 2.19. The fraction of sp³-hybridized carbons (Fsp3) is 0.214. The molecule has 2 rings (SSSR count). The topological polar surface area (TPSA) is 72.0 Å². The molecule has 0 saturated heterocycles. The maximum atomic E-state index is 11.9. The second-order valence-electron chi connectivity index (χ2n) is 3.92. The van der Waals surface area contributed by atoms with Crippen molar-refractivity contribution in [1.82, 2.24) is 9.97 Å². The van der Waals surface area contributed by atoms with Gasteiger partial charge in [0.15, 0.2) is 0 Å². The summed E-state index contributed by atoms with van der Waals surface area (Å²) in [7, 11) is 0. The van der Waals surface area contributed by atoms with Crippen LogP contribution in [0.15, 0.2) is 40.2 Å². The van der Waals surface area contributed by atoms with E-state index in [4.69, 9.17) is 4.74 Å². The van der Waals surface area contributed by atoms with Gasteiger partial charge in [-0.05, 0) is 25.3 Å². The van der Waals surface area contributed by atoms with Crippen LogP contribution in [-0.4, -0.2) is 28.8 Å². The van der Waals surface area contributed by atoms with Gasteiger partial charge < -0.3 is 9.72 Å². The van der Waals surface area contributed by atoms with Gasteiger partial charge in [-0.3, -0.25) is 4.79 Å². The third-order valence-corrected chi connectivity index (χ3v) is 3.40. The molecule has 1 heterocycles. The first-order valence-electron chi connectivity index (χ1n) is 6.06. The van der Waals surface area contributed by atoms with Crippen LogP contribution in [0, 0.1) is 0 Å². The van der Waals surface area contributed by atoms with Crippen molar-refractivity contribution >= 4 is 17.7 Å². The number of carbonyl (C=O) groups excluding carboxylic acids is 1. The van der Waals surface area contributed by atoms with Crippen LogP contribution in [0.4, 0.5) is 0 Å². The highest BCUT2D eigenvalue weighted by molar-refractivity contribution is 7.98. The average molecular weight is 290 g/mol. The van der Waals surface area contributed by atoms with E-state index >= 15 is 0 Å². The van der Waals surface area contributed by atoms with Gasteiger partial charge >= 0.3 is 5.97 Å². The summed E-state index contributed by atoms with van der Waals surface area (Å²) in [6, 6.07) is 7.63. The summed E-state index contributed by atoms with van der Waals surface area (Å²) in [6.45, 7) is 1.90. The number of nitrogens with zero attached hydrogens (tertiary/aromatic N) is 1. The monoisotopic (exact) mass is 290 g/mol. The standard InChI is InChI=1S/C14H14N2O3S/c1-3-19-14(18)11-8-15-12(16-13(11)17)9-4-6-10(20-2)7-5-9/h4-8H,3H2,1-2H3,(H,15,16,17). The van der Waals surface area contributed by atoms with E-state index in [9.17, 15) is 9.59 Å². The normalized spacial score (nSPS) is 10.3. The minimum Gasteiger partial charge on any atom is -0.462 e. The molecule has 1 N–H and O–H groups in total. The Labute approximate surface area is 120 Å². The lowest BCUT2D eigenvalue weighted by Gasteiger charge is -2.04. The number of aromatic amines is 1. The molecule has 20 heavy (non-hydrogen) atoms. The molecule has 6 heteroatoms. The van der Waals surface area contributed by atoms with Gasteiger partial charge in [0.1, 0.15) is 11.4 Å². The lowest BCUT2D eigenvalue weighted by Crippen LogP contribution is -2.20. The number of benzene rings is 1. The molecule has 0 bridgehead atoms. The molecule has 0 radical (unpaired) electrons. The van der Waals surface area contributed by atoms with Gasteiger partial charge in [0.2, 0.25) is 0 Å². The van der Waals surface area contributed by atoms with Gasteiger partial charge in [-0.2, -0.15) is 0 Å². The lowest BCUT2D eigenvalue weighted by atomic mass is 10.2. The zero-order valence-corrected chi connectivity index (χ0v) is 12.0. The van der Waals surface area contributed by atoms with Crippen LogP contribution in [0.5, 0.6) is 0 Å². The van der Waals surface area contributed by atoms with Gasteiger partial charge in [-0.1, -0.05) is 12.1 Å². The Kier molecular flexibility index (Phi) is 4.57. The molecule has 0 amide bonds.